The Morgan fingerprint density at radius 1 is 1.20 bits per heavy atom. The van der Waals surface area contributed by atoms with Crippen LogP contribution in [0.1, 0.15) is 36.2 Å². The molecule has 1 aromatic rings. The molecule has 0 aliphatic heterocycles. The molecule has 1 amide bonds. The van der Waals surface area contributed by atoms with Gasteiger partial charge in [0.05, 0.1) is 0 Å². The van der Waals surface area contributed by atoms with E-state index in [-0.39, 0.29) is 18.6 Å². The maximum Gasteiger partial charge on any atom is 0.254 e. The summed E-state index contributed by atoms with van der Waals surface area (Å²) in [6.07, 6.45) is 0.614. The second kappa shape index (κ2) is 8.02. The third-order valence-corrected chi connectivity index (χ3v) is 3.14. The van der Waals surface area contributed by atoms with Gasteiger partial charge in [-0.1, -0.05) is 12.1 Å². The first-order valence-electron chi connectivity index (χ1n) is 7.11. The van der Waals surface area contributed by atoms with Crippen LogP contribution < -0.4 is 0 Å². The Morgan fingerprint density at radius 2 is 1.80 bits per heavy atom. The van der Waals surface area contributed by atoms with Crippen LogP contribution in [0, 0.1) is 0 Å². The fraction of sp³-hybridized carbons (Fsp3) is 0.562. The van der Waals surface area contributed by atoms with E-state index in [4.69, 9.17) is 5.11 Å². The number of benzene rings is 1. The normalized spacial score (nSPS) is 11.2. The van der Waals surface area contributed by atoms with Gasteiger partial charge in [0.25, 0.3) is 5.91 Å². The van der Waals surface area contributed by atoms with Gasteiger partial charge >= 0.3 is 0 Å². The molecule has 0 saturated heterocycles. The first-order chi connectivity index (χ1) is 9.45. The van der Waals surface area contributed by atoms with Crippen LogP contribution in [0.4, 0.5) is 0 Å². The fourth-order valence-corrected chi connectivity index (χ4v) is 2.12. The predicted octanol–water partition coefficient (Wildman–Crippen LogP) is 1.98. The van der Waals surface area contributed by atoms with Crippen LogP contribution in [0.5, 0.6) is 0 Å². The lowest BCUT2D eigenvalue weighted by atomic mass is 10.1. The minimum absolute atomic E-state index is 0.0323. The van der Waals surface area contributed by atoms with Gasteiger partial charge in [-0.3, -0.25) is 4.79 Å². The van der Waals surface area contributed by atoms with Crippen LogP contribution in [0.15, 0.2) is 24.3 Å². The predicted molar refractivity (Wildman–Crippen MR) is 81.7 cm³/mol. The molecule has 20 heavy (non-hydrogen) atoms. The van der Waals surface area contributed by atoms with E-state index in [0.29, 0.717) is 18.5 Å². The Hall–Kier alpha value is -1.39. The van der Waals surface area contributed by atoms with Crippen LogP contribution in [0.2, 0.25) is 0 Å². The van der Waals surface area contributed by atoms with Crippen molar-refractivity contribution in [1.29, 1.82) is 0 Å². The zero-order valence-corrected chi connectivity index (χ0v) is 13.0. The van der Waals surface area contributed by atoms with E-state index in [1.54, 1.807) is 4.90 Å². The molecular formula is C16H26N2O2. The van der Waals surface area contributed by atoms with Crippen molar-refractivity contribution < 1.29 is 9.90 Å². The molecule has 1 rings (SSSR count). The van der Waals surface area contributed by atoms with E-state index < -0.39 is 0 Å². The number of carbonyl (C=O) groups excluding carboxylic acids is 1. The second-order valence-corrected chi connectivity index (χ2v) is 5.60. The number of carbonyl (C=O) groups is 1. The summed E-state index contributed by atoms with van der Waals surface area (Å²) in [5, 5.41) is 8.93. The number of nitrogens with zero attached hydrogens (tertiary/aromatic N) is 2. The van der Waals surface area contributed by atoms with Crippen molar-refractivity contribution >= 4 is 5.91 Å². The van der Waals surface area contributed by atoms with Gasteiger partial charge in [-0.05, 0) is 52.1 Å². The first kappa shape index (κ1) is 16.7. The van der Waals surface area contributed by atoms with Gasteiger partial charge < -0.3 is 14.9 Å². The minimum atomic E-state index is 0.0323. The third-order valence-electron chi connectivity index (χ3n) is 3.14. The lowest BCUT2D eigenvalue weighted by Gasteiger charge is -2.26. The quantitative estimate of drug-likeness (QED) is 0.829. The Bertz CT molecular complexity index is 413. The average Bonchev–Trinajstić information content (AvgIpc) is 2.38. The number of rotatable bonds is 7. The molecule has 0 spiro atoms. The van der Waals surface area contributed by atoms with E-state index in [9.17, 15) is 4.79 Å². The van der Waals surface area contributed by atoms with E-state index in [1.165, 1.54) is 5.56 Å². The van der Waals surface area contributed by atoms with Gasteiger partial charge in [0, 0.05) is 31.3 Å². The number of hydrogen-bond donors (Lipinski definition) is 1. The van der Waals surface area contributed by atoms with Crippen molar-refractivity contribution in [2.75, 3.05) is 27.2 Å². The Morgan fingerprint density at radius 3 is 2.25 bits per heavy atom. The van der Waals surface area contributed by atoms with Crippen molar-refractivity contribution in [2.24, 2.45) is 0 Å². The summed E-state index contributed by atoms with van der Waals surface area (Å²) in [5.41, 5.74) is 1.90. The zero-order valence-electron chi connectivity index (χ0n) is 13.0. The number of hydrogen-bond acceptors (Lipinski definition) is 3. The van der Waals surface area contributed by atoms with Crippen molar-refractivity contribution in [1.82, 2.24) is 9.80 Å². The molecule has 0 saturated carbocycles. The summed E-state index contributed by atoms with van der Waals surface area (Å²) < 4.78 is 0. The SMILES string of the molecule is CC(C)N(CCCO)C(=O)c1ccc(CN(C)C)cc1. The van der Waals surface area contributed by atoms with Crippen LogP contribution in [0.25, 0.3) is 0 Å². The Labute approximate surface area is 122 Å². The molecule has 0 radical (unpaired) electrons. The van der Waals surface area contributed by atoms with E-state index in [0.717, 1.165) is 6.54 Å². The summed E-state index contributed by atoms with van der Waals surface area (Å²) in [6.45, 7) is 5.56. The molecular weight excluding hydrogens is 252 g/mol. The molecule has 1 N–H and O–H groups in total. The zero-order chi connectivity index (χ0) is 15.1. The summed E-state index contributed by atoms with van der Waals surface area (Å²) in [5.74, 6) is 0.0323. The van der Waals surface area contributed by atoms with Gasteiger partial charge in [0.1, 0.15) is 0 Å². The highest BCUT2D eigenvalue weighted by Gasteiger charge is 2.18. The van der Waals surface area contributed by atoms with Crippen molar-refractivity contribution in [2.45, 2.75) is 32.9 Å². The fourth-order valence-electron chi connectivity index (χ4n) is 2.12. The Kier molecular flexibility index (Phi) is 6.68. The molecule has 0 aliphatic rings. The topological polar surface area (TPSA) is 43.8 Å². The van der Waals surface area contributed by atoms with Crippen molar-refractivity contribution in [3.05, 3.63) is 35.4 Å². The molecule has 0 bridgehead atoms. The highest BCUT2D eigenvalue weighted by Crippen LogP contribution is 2.11. The third kappa shape index (κ3) is 4.94. The summed E-state index contributed by atoms with van der Waals surface area (Å²) in [4.78, 5) is 16.4. The van der Waals surface area contributed by atoms with Crippen molar-refractivity contribution in [3.8, 4) is 0 Å². The molecule has 4 nitrogen and oxygen atoms in total. The monoisotopic (exact) mass is 278 g/mol. The van der Waals surface area contributed by atoms with Crippen LogP contribution in [-0.2, 0) is 6.54 Å². The smallest absolute Gasteiger partial charge is 0.254 e. The summed E-state index contributed by atoms with van der Waals surface area (Å²) in [6, 6.07) is 7.90. The second-order valence-electron chi connectivity index (χ2n) is 5.60. The standard InChI is InChI=1S/C16H26N2O2/c1-13(2)18(10-5-11-19)16(20)15-8-6-14(7-9-15)12-17(3)4/h6-9,13,19H,5,10-12H2,1-4H3. The largest absolute Gasteiger partial charge is 0.396 e. The average molecular weight is 278 g/mol. The van der Waals surface area contributed by atoms with Gasteiger partial charge in [0.2, 0.25) is 0 Å². The molecule has 0 aliphatic carbocycles. The molecule has 0 heterocycles. The van der Waals surface area contributed by atoms with Gasteiger partial charge in [-0.2, -0.15) is 0 Å². The summed E-state index contributed by atoms with van der Waals surface area (Å²) >= 11 is 0. The highest BCUT2D eigenvalue weighted by atomic mass is 16.3. The van der Waals surface area contributed by atoms with Gasteiger partial charge in [-0.25, -0.2) is 0 Å². The number of aliphatic hydroxyl groups excluding tert-OH is 1. The van der Waals surface area contributed by atoms with E-state index in [1.807, 2.05) is 52.2 Å². The maximum absolute atomic E-state index is 12.5. The number of amides is 1. The van der Waals surface area contributed by atoms with Crippen LogP contribution in [-0.4, -0.2) is 54.1 Å². The van der Waals surface area contributed by atoms with Crippen LogP contribution in [0.3, 0.4) is 0 Å². The minimum Gasteiger partial charge on any atom is -0.396 e. The van der Waals surface area contributed by atoms with Gasteiger partial charge in [0.15, 0.2) is 0 Å². The molecule has 0 atom stereocenters. The molecule has 0 fully saturated rings. The van der Waals surface area contributed by atoms with Gasteiger partial charge in [-0.15, -0.1) is 0 Å². The highest BCUT2D eigenvalue weighted by molar-refractivity contribution is 5.94. The molecule has 1 aromatic carbocycles. The first-order valence-corrected chi connectivity index (χ1v) is 7.11. The molecule has 112 valence electrons. The van der Waals surface area contributed by atoms with Crippen LogP contribution >= 0.6 is 0 Å². The number of aliphatic hydroxyl groups is 1. The molecule has 0 unspecified atom stereocenters. The van der Waals surface area contributed by atoms with E-state index >= 15 is 0 Å². The molecule has 4 heteroatoms. The summed E-state index contributed by atoms with van der Waals surface area (Å²) in [7, 11) is 4.04. The van der Waals surface area contributed by atoms with Crippen molar-refractivity contribution in [3.63, 3.8) is 0 Å². The lowest BCUT2D eigenvalue weighted by molar-refractivity contribution is 0.0693. The maximum atomic E-state index is 12.5. The van der Waals surface area contributed by atoms with E-state index in [2.05, 4.69) is 4.90 Å². The molecule has 0 aromatic heterocycles. The Balaban J connectivity index is 2.78. The lowest BCUT2D eigenvalue weighted by Crippen LogP contribution is -2.38.